The minimum absolute atomic E-state index is 0.0524. The molecule has 1 aliphatic rings. The molecule has 78 valence electrons. The summed E-state index contributed by atoms with van der Waals surface area (Å²) in [6, 6.07) is 4.07. The van der Waals surface area contributed by atoms with E-state index >= 15 is 0 Å². The number of thiophene rings is 1. The predicted octanol–water partition coefficient (Wildman–Crippen LogP) is 2.59. The Labute approximate surface area is 96.0 Å². The first kappa shape index (κ1) is 10.6. The van der Waals surface area contributed by atoms with Crippen LogP contribution in [0.2, 0.25) is 0 Å². The second kappa shape index (κ2) is 3.93. The van der Waals surface area contributed by atoms with E-state index in [4.69, 9.17) is 4.74 Å². The molecule has 0 spiro atoms. The number of halogens is 1. The van der Waals surface area contributed by atoms with Crippen molar-refractivity contribution in [1.82, 2.24) is 0 Å². The summed E-state index contributed by atoms with van der Waals surface area (Å²) in [4.78, 5) is 1.21. The minimum Gasteiger partial charge on any atom is -0.387 e. The van der Waals surface area contributed by atoms with Gasteiger partial charge in [-0.3, -0.25) is 0 Å². The number of aliphatic hydroxyl groups is 1. The molecule has 2 nitrogen and oxygen atoms in total. The molecule has 0 amide bonds. The predicted molar refractivity (Wildman–Crippen MR) is 60.7 cm³/mol. The van der Waals surface area contributed by atoms with Gasteiger partial charge < -0.3 is 9.84 Å². The Kier molecular flexibility index (Phi) is 2.98. The highest BCUT2D eigenvalue weighted by atomic mass is 79.9. The zero-order chi connectivity index (χ0) is 10.2. The van der Waals surface area contributed by atoms with Gasteiger partial charge in [0.15, 0.2) is 0 Å². The summed E-state index contributed by atoms with van der Waals surface area (Å²) in [5.74, 6) is 0. The number of ether oxygens (including phenoxy) is 1. The van der Waals surface area contributed by atoms with Crippen molar-refractivity contribution in [2.75, 3.05) is 6.61 Å². The highest BCUT2D eigenvalue weighted by Crippen LogP contribution is 2.32. The fourth-order valence-electron chi connectivity index (χ4n) is 1.75. The van der Waals surface area contributed by atoms with Gasteiger partial charge in [-0.2, -0.15) is 0 Å². The van der Waals surface area contributed by atoms with E-state index in [9.17, 15) is 5.11 Å². The lowest BCUT2D eigenvalue weighted by atomic mass is 9.92. The van der Waals surface area contributed by atoms with Gasteiger partial charge in [0.2, 0.25) is 0 Å². The maximum atomic E-state index is 10.3. The molecule has 0 aliphatic carbocycles. The summed E-state index contributed by atoms with van der Waals surface area (Å²) in [7, 11) is 0. The van der Waals surface area contributed by atoms with Gasteiger partial charge in [0.05, 0.1) is 15.5 Å². The van der Waals surface area contributed by atoms with Crippen molar-refractivity contribution in [2.45, 2.75) is 31.5 Å². The van der Waals surface area contributed by atoms with E-state index in [-0.39, 0.29) is 6.10 Å². The summed E-state index contributed by atoms with van der Waals surface area (Å²) in [6.45, 7) is 2.61. The van der Waals surface area contributed by atoms with Gasteiger partial charge in [0, 0.05) is 24.3 Å². The molecule has 4 heteroatoms. The average Bonchev–Trinajstić information content (AvgIpc) is 2.62. The molecule has 1 N–H and O–H groups in total. The quantitative estimate of drug-likeness (QED) is 0.900. The van der Waals surface area contributed by atoms with Crippen molar-refractivity contribution >= 4 is 27.3 Å². The molecule has 0 saturated carbocycles. The first-order valence-corrected chi connectivity index (χ1v) is 6.29. The third kappa shape index (κ3) is 2.03. The summed E-state index contributed by atoms with van der Waals surface area (Å²) in [5.41, 5.74) is -0.662. The number of rotatable bonds is 2. The Morgan fingerprint density at radius 3 is 3.00 bits per heavy atom. The standard InChI is InChI=1S/C10H13BrO2S/c1-7-10(12,4-5-13-7)6-8-2-3-9(11)14-8/h2-3,7,12H,4-6H2,1H3. The zero-order valence-electron chi connectivity index (χ0n) is 8.00. The van der Waals surface area contributed by atoms with Gasteiger partial charge in [-0.05, 0) is 35.0 Å². The summed E-state index contributed by atoms with van der Waals surface area (Å²) in [6.07, 6.45) is 1.39. The Hall–Kier alpha value is 0.1000. The molecule has 2 rings (SSSR count). The van der Waals surface area contributed by atoms with E-state index in [1.807, 2.05) is 13.0 Å². The summed E-state index contributed by atoms with van der Waals surface area (Å²) < 4.78 is 6.50. The molecule has 2 unspecified atom stereocenters. The van der Waals surface area contributed by atoms with Crippen molar-refractivity contribution in [3.8, 4) is 0 Å². The van der Waals surface area contributed by atoms with Crippen LogP contribution in [0.5, 0.6) is 0 Å². The number of hydrogen-bond donors (Lipinski definition) is 1. The lowest BCUT2D eigenvalue weighted by Crippen LogP contribution is -2.38. The molecule has 1 saturated heterocycles. The molecular formula is C10H13BrO2S. The third-order valence-corrected chi connectivity index (χ3v) is 4.39. The van der Waals surface area contributed by atoms with Gasteiger partial charge in [0.1, 0.15) is 0 Å². The largest absolute Gasteiger partial charge is 0.387 e. The first-order valence-electron chi connectivity index (χ1n) is 4.68. The highest BCUT2D eigenvalue weighted by Gasteiger charge is 2.39. The Morgan fingerprint density at radius 2 is 2.50 bits per heavy atom. The normalized spacial score (nSPS) is 32.4. The Balaban J connectivity index is 2.10. The molecule has 0 bridgehead atoms. The second-order valence-electron chi connectivity index (χ2n) is 3.75. The van der Waals surface area contributed by atoms with E-state index in [1.54, 1.807) is 11.3 Å². The van der Waals surface area contributed by atoms with Gasteiger partial charge in [-0.1, -0.05) is 0 Å². The van der Waals surface area contributed by atoms with Gasteiger partial charge in [-0.25, -0.2) is 0 Å². The molecule has 0 aromatic carbocycles. The fraction of sp³-hybridized carbons (Fsp3) is 0.600. The van der Waals surface area contributed by atoms with Crippen LogP contribution in [-0.4, -0.2) is 23.4 Å². The van der Waals surface area contributed by atoms with E-state index < -0.39 is 5.60 Å². The molecule has 2 heterocycles. The van der Waals surface area contributed by atoms with Crippen LogP contribution in [0.1, 0.15) is 18.2 Å². The van der Waals surface area contributed by atoms with Crippen molar-refractivity contribution in [3.63, 3.8) is 0 Å². The van der Waals surface area contributed by atoms with E-state index in [0.717, 1.165) is 10.2 Å². The van der Waals surface area contributed by atoms with Crippen LogP contribution >= 0.6 is 27.3 Å². The fourth-order valence-corrected chi connectivity index (χ4v) is 3.35. The Bertz CT molecular complexity index is 326. The molecule has 1 aliphatic heterocycles. The second-order valence-corrected chi connectivity index (χ2v) is 6.30. The van der Waals surface area contributed by atoms with Gasteiger partial charge >= 0.3 is 0 Å². The topological polar surface area (TPSA) is 29.5 Å². The van der Waals surface area contributed by atoms with Crippen LogP contribution in [-0.2, 0) is 11.2 Å². The molecule has 0 radical (unpaired) electrons. The monoisotopic (exact) mass is 276 g/mol. The van der Waals surface area contributed by atoms with Gasteiger partial charge in [0.25, 0.3) is 0 Å². The maximum Gasteiger partial charge on any atom is 0.0975 e. The smallest absolute Gasteiger partial charge is 0.0975 e. The maximum absolute atomic E-state index is 10.3. The first-order chi connectivity index (χ1) is 6.60. The average molecular weight is 277 g/mol. The van der Waals surface area contributed by atoms with E-state index in [0.29, 0.717) is 13.0 Å². The molecule has 1 fully saturated rings. The lowest BCUT2D eigenvalue weighted by Gasteiger charge is -2.25. The molecule has 1 aromatic rings. The molecule has 2 atom stereocenters. The van der Waals surface area contributed by atoms with Crippen LogP contribution in [0, 0.1) is 0 Å². The highest BCUT2D eigenvalue weighted by molar-refractivity contribution is 9.11. The van der Waals surface area contributed by atoms with Crippen LogP contribution in [0.15, 0.2) is 15.9 Å². The van der Waals surface area contributed by atoms with Crippen molar-refractivity contribution in [3.05, 3.63) is 20.8 Å². The lowest BCUT2D eigenvalue weighted by molar-refractivity contribution is -0.0263. The summed E-state index contributed by atoms with van der Waals surface area (Å²) >= 11 is 5.10. The van der Waals surface area contributed by atoms with Crippen molar-refractivity contribution in [1.29, 1.82) is 0 Å². The molecule has 1 aromatic heterocycles. The van der Waals surface area contributed by atoms with Crippen molar-refractivity contribution < 1.29 is 9.84 Å². The molecule has 14 heavy (non-hydrogen) atoms. The minimum atomic E-state index is -0.662. The third-order valence-electron chi connectivity index (χ3n) is 2.77. The van der Waals surface area contributed by atoms with Crippen molar-refractivity contribution in [2.24, 2.45) is 0 Å². The van der Waals surface area contributed by atoms with Crippen LogP contribution in [0.25, 0.3) is 0 Å². The zero-order valence-corrected chi connectivity index (χ0v) is 10.4. The van der Waals surface area contributed by atoms with Crippen LogP contribution in [0.3, 0.4) is 0 Å². The van der Waals surface area contributed by atoms with Gasteiger partial charge in [-0.15, -0.1) is 11.3 Å². The Morgan fingerprint density at radius 1 is 1.71 bits per heavy atom. The van der Waals surface area contributed by atoms with Crippen LogP contribution < -0.4 is 0 Å². The van der Waals surface area contributed by atoms with Crippen LogP contribution in [0.4, 0.5) is 0 Å². The van der Waals surface area contributed by atoms with E-state index in [2.05, 4.69) is 22.0 Å². The SMILES string of the molecule is CC1OCCC1(O)Cc1ccc(Br)s1. The molecular weight excluding hydrogens is 264 g/mol. The summed E-state index contributed by atoms with van der Waals surface area (Å²) in [5, 5.41) is 10.3. The van der Waals surface area contributed by atoms with E-state index in [1.165, 1.54) is 4.88 Å². The number of hydrogen-bond acceptors (Lipinski definition) is 3.